The summed E-state index contributed by atoms with van der Waals surface area (Å²) < 4.78 is 5.51. The molecule has 2 aromatic heterocycles. The molecule has 21 heavy (non-hydrogen) atoms. The van der Waals surface area contributed by atoms with Gasteiger partial charge in [0.1, 0.15) is 5.75 Å². The van der Waals surface area contributed by atoms with E-state index >= 15 is 0 Å². The summed E-state index contributed by atoms with van der Waals surface area (Å²) in [6.45, 7) is 3.22. The van der Waals surface area contributed by atoms with E-state index in [-0.39, 0.29) is 5.25 Å². The number of aromatic nitrogens is 2. The third-order valence-corrected chi connectivity index (χ3v) is 4.99. The van der Waals surface area contributed by atoms with Gasteiger partial charge in [0, 0.05) is 12.6 Å². The quantitative estimate of drug-likeness (QED) is 0.678. The summed E-state index contributed by atoms with van der Waals surface area (Å²) in [4.78, 5) is 7.95. The van der Waals surface area contributed by atoms with Gasteiger partial charge in [-0.05, 0) is 41.4 Å². The number of nitrogens with one attached hydrogen (secondary N) is 1. The highest BCUT2D eigenvalue weighted by Gasteiger charge is 2.14. The minimum Gasteiger partial charge on any atom is -0.494 e. The number of aromatic amines is 1. The molecule has 0 fully saturated rings. The number of thiophene rings is 1. The normalized spacial score (nSPS) is 12.7. The number of ether oxygens (including phenoxy) is 1. The molecule has 0 saturated heterocycles. The number of hydrogen-bond donors (Lipinski definition) is 2. The Balaban J connectivity index is 1.83. The zero-order chi connectivity index (χ0) is 14.7. The second-order valence-electron chi connectivity index (χ2n) is 4.55. The molecule has 1 atom stereocenters. The molecule has 3 aromatic rings. The molecule has 1 aromatic carbocycles. The average Bonchev–Trinajstić information content (AvgIpc) is 3.13. The highest BCUT2D eigenvalue weighted by atomic mass is 32.2. The molecule has 0 saturated carbocycles. The zero-order valence-electron chi connectivity index (χ0n) is 11.7. The molecule has 0 bridgehead atoms. The molecule has 6 heteroatoms. The van der Waals surface area contributed by atoms with Crippen molar-refractivity contribution >= 4 is 34.1 Å². The van der Waals surface area contributed by atoms with Gasteiger partial charge in [-0.1, -0.05) is 11.8 Å². The average molecular weight is 319 g/mol. The van der Waals surface area contributed by atoms with Crippen LogP contribution in [0.3, 0.4) is 0 Å². The maximum Gasteiger partial charge on any atom is 0.167 e. The number of thioether (sulfide) groups is 1. The minimum atomic E-state index is 0.225. The summed E-state index contributed by atoms with van der Waals surface area (Å²) >= 11 is 3.36. The highest BCUT2D eigenvalue weighted by Crippen LogP contribution is 2.35. The molecule has 0 radical (unpaired) electrons. The van der Waals surface area contributed by atoms with E-state index < -0.39 is 0 Å². The zero-order valence-corrected chi connectivity index (χ0v) is 13.3. The first kappa shape index (κ1) is 14.4. The molecule has 3 rings (SSSR count). The van der Waals surface area contributed by atoms with Crippen LogP contribution in [0.25, 0.3) is 11.0 Å². The number of fused-ring (bicyclic) bond motifs is 1. The Kier molecular flexibility index (Phi) is 4.48. The fourth-order valence-corrected chi connectivity index (χ4v) is 3.89. The molecular formula is C15H17N3OS2. The number of nitrogens with two attached hydrogens (primary N) is 1. The first-order valence-electron chi connectivity index (χ1n) is 6.81. The lowest BCUT2D eigenvalue weighted by Gasteiger charge is -2.10. The van der Waals surface area contributed by atoms with Crippen LogP contribution < -0.4 is 10.5 Å². The Hall–Kier alpha value is -1.50. The Labute approximate surface area is 131 Å². The smallest absolute Gasteiger partial charge is 0.167 e. The highest BCUT2D eigenvalue weighted by molar-refractivity contribution is 7.99. The van der Waals surface area contributed by atoms with Crippen LogP contribution >= 0.6 is 23.1 Å². The van der Waals surface area contributed by atoms with Gasteiger partial charge in [0.2, 0.25) is 0 Å². The molecule has 0 amide bonds. The first-order chi connectivity index (χ1) is 10.3. The van der Waals surface area contributed by atoms with Crippen molar-refractivity contribution in [2.75, 3.05) is 13.2 Å². The van der Waals surface area contributed by atoms with Gasteiger partial charge in [-0.3, -0.25) is 0 Å². The van der Waals surface area contributed by atoms with Crippen molar-refractivity contribution in [2.45, 2.75) is 17.3 Å². The van der Waals surface area contributed by atoms with Crippen LogP contribution in [0.4, 0.5) is 0 Å². The Morgan fingerprint density at radius 1 is 1.43 bits per heavy atom. The van der Waals surface area contributed by atoms with E-state index in [2.05, 4.69) is 26.8 Å². The predicted octanol–water partition coefficient (Wildman–Crippen LogP) is 3.82. The predicted molar refractivity (Wildman–Crippen MR) is 89.2 cm³/mol. The topological polar surface area (TPSA) is 63.9 Å². The number of rotatable bonds is 6. The Bertz CT molecular complexity index is 709. The molecule has 2 heterocycles. The standard InChI is InChI=1S/C15H17N3OS2/c1-2-19-11-3-4-12-13(7-11)18-15(17-12)21-14(8-16)10-5-6-20-9-10/h3-7,9,14H,2,8,16H2,1H3,(H,17,18). The summed E-state index contributed by atoms with van der Waals surface area (Å²) in [5, 5.41) is 5.33. The number of imidazole rings is 1. The summed E-state index contributed by atoms with van der Waals surface area (Å²) in [6.07, 6.45) is 0. The lowest BCUT2D eigenvalue weighted by Crippen LogP contribution is -2.08. The van der Waals surface area contributed by atoms with Crippen LogP contribution in [0.15, 0.2) is 40.2 Å². The van der Waals surface area contributed by atoms with Crippen molar-refractivity contribution in [3.63, 3.8) is 0 Å². The third kappa shape index (κ3) is 3.23. The van der Waals surface area contributed by atoms with E-state index in [0.717, 1.165) is 21.9 Å². The van der Waals surface area contributed by atoms with Crippen molar-refractivity contribution in [3.8, 4) is 5.75 Å². The molecule has 0 aliphatic carbocycles. The molecule has 0 spiro atoms. The van der Waals surface area contributed by atoms with Crippen LogP contribution in [-0.2, 0) is 0 Å². The maximum absolute atomic E-state index is 5.89. The van der Waals surface area contributed by atoms with Crippen LogP contribution in [0.1, 0.15) is 17.7 Å². The largest absolute Gasteiger partial charge is 0.494 e. The van der Waals surface area contributed by atoms with Crippen LogP contribution in [0.2, 0.25) is 0 Å². The van der Waals surface area contributed by atoms with E-state index in [1.807, 2.05) is 25.1 Å². The van der Waals surface area contributed by atoms with E-state index in [0.29, 0.717) is 13.2 Å². The van der Waals surface area contributed by atoms with E-state index in [4.69, 9.17) is 10.5 Å². The Morgan fingerprint density at radius 3 is 3.05 bits per heavy atom. The van der Waals surface area contributed by atoms with Gasteiger partial charge < -0.3 is 15.5 Å². The lowest BCUT2D eigenvalue weighted by atomic mass is 10.2. The number of H-pyrrole nitrogens is 1. The molecule has 3 N–H and O–H groups in total. The second-order valence-corrected chi connectivity index (χ2v) is 6.52. The molecule has 1 unspecified atom stereocenters. The van der Waals surface area contributed by atoms with Crippen molar-refractivity contribution in [1.29, 1.82) is 0 Å². The van der Waals surface area contributed by atoms with Crippen LogP contribution in [0.5, 0.6) is 5.75 Å². The van der Waals surface area contributed by atoms with E-state index in [1.54, 1.807) is 23.1 Å². The summed E-state index contributed by atoms with van der Waals surface area (Å²) in [5.74, 6) is 0.860. The third-order valence-electron chi connectivity index (χ3n) is 3.13. The lowest BCUT2D eigenvalue weighted by molar-refractivity contribution is 0.340. The molecule has 4 nitrogen and oxygen atoms in total. The molecule has 0 aliphatic heterocycles. The van der Waals surface area contributed by atoms with E-state index in [1.165, 1.54) is 5.56 Å². The van der Waals surface area contributed by atoms with E-state index in [9.17, 15) is 0 Å². The second kappa shape index (κ2) is 6.51. The first-order valence-corrected chi connectivity index (χ1v) is 8.63. The van der Waals surface area contributed by atoms with Gasteiger partial charge >= 0.3 is 0 Å². The van der Waals surface area contributed by atoms with Gasteiger partial charge in [-0.25, -0.2) is 4.98 Å². The van der Waals surface area contributed by atoms with Gasteiger partial charge in [-0.2, -0.15) is 11.3 Å². The maximum atomic E-state index is 5.89. The summed E-state index contributed by atoms with van der Waals surface area (Å²) in [6, 6.07) is 8.02. The van der Waals surface area contributed by atoms with Crippen molar-refractivity contribution in [3.05, 3.63) is 40.6 Å². The molecule has 0 aliphatic rings. The summed E-state index contributed by atoms with van der Waals surface area (Å²) in [7, 11) is 0. The number of benzene rings is 1. The van der Waals surface area contributed by atoms with Crippen LogP contribution in [-0.4, -0.2) is 23.1 Å². The Morgan fingerprint density at radius 2 is 2.33 bits per heavy atom. The molecule has 110 valence electrons. The number of nitrogens with zero attached hydrogens (tertiary/aromatic N) is 1. The van der Waals surface area contributed by atoms with Gasteiger partial charge in [0.05, 0.1) is 22.9 Å². The SMILES string of the molecule is CCOc1ccc2nc(SC(CN)c3ccsc3)[nH]c2c1. The summed E-state index contributed by atoms with van der Waals surface area (Å²) in [5.41, 5.74) is 9.08. The molecular weight excluding hydrogens is 302 g/mol. The number of hydrogen-bond acceptors (Lipinski definition) is 5. The minimum absolute atomic E-state index is 0.225. The van der Waals surface area contributed by atoms with Gasteiger partial charge in [0.15, 0.2) is 5.16 Å². The van der Waals surface area contributed by atoms with Crippen molar-refractivity contribution < 1.29 is 4.74 Å². The van der Waals surface area contributed by atoms with Gasteiger partial charge in [-0.15, -0.1) is 0 Å². The van der Waals surface area contributed by atoms with Crippen molar-refractivity contribution in [2.24, 2.45) is 5.73 Å². The fraction of sp³-hybridized carbons (Fsp3) is 0.267. The van der Waals surface area contributed by atoms with Crippen LogP contribution in [0, 0.1) is 0 Å². The fourth-order valence-electron chi connectivity index (χ4n) is 2.12. The monoisotopic (exact) mass is 319 g/mol. The van der Waals surface area contributed by atoms with Crippen molar-refractivity contribution in [1.82, 2.24) is 9.97 Å². The van der Waals surface area contributed by atoms with Gasteiger partial charge in [0.25, 0.3) is 0 Å².